The number of hydrogen-bond acceptors (Lipinski definition) is 6. The molecule has 0 aliphatic heterocycles. The zero-order valence-corrected chi connectivity index (χ0v) is 18.1. The molecule has 0 spiro atoms. The van der Waals surface area contributed by atoms with Gasteiger partial charge in [0.2, 0.25) is 0 Å². The SMILES string of the molecule is C[C@@H]1[C@H](C)CCC[C@@H]1NC(=O)COC(=O)CCCSc1nc2ccccc2s1. The van der Waals surface area contributed by atoms with Crippen molar-refractivity contribution in [3.05, 3.63) is 24.3 Å². The van der Waals surface area contributed by atoms with E-state index in [0.717, 1.165) is 28.5 Å². The van der Waals surface area contributed by atoms with E-state index in [1.54, 1.807) is 23.1 Å². The Hall–Kier alpha value is -1.60. The Morgan fingerprint density at radius 1 is 1.29 bits per heavy atom. The van der Waals surface area contributed by atoms with E-state index in [1.807, 2.05) is 18.2 Å². The second kappa shape index (κ2) is 10.3. The van der Waals surface area contributed by atoms with Crippen LogP contribution in [0.15, 0.2) is 28.6 Å². The van der Waals surface area contributed by atoms with Gasteiger partial charge in [0.05, 0.1) is 10.2 Å². The van der Waals surface area contributed by atoms with Crippen molar-refractivity contribution in [2.75, 3.05) is 12.4 Å². The largest absolute Gasteiger partial charge is 0.456 e. The Morgan fingerprint density at radius 3 is 2.93 bits per heavy atom. The van der Waals surface area contributed by atoms with Crippen LogP contribution in [0, 0.1) is 11.8 Å². The lowest BCUT2D eigenvalue weighted by Crippen LogP contribution is -2.45. The number of benzene rings is 1. The second-order valence-corrected chi connectivity index (χ2v) is 9.87. The minimum Gasteiger partial charge on any atom is -0.456 e. The number of esters is 1. The van der Waals surface area contributed by atoms with Crippen LogP contribution in [0.25, 0.3) is 10.2 Å². The number of nitrogens with zero attached hydrogens (tertiary/aromatic N) is 1. The average Bonchev–Trinajstić information content (AvgIpc) is 3.10. The van der Waals surface area contributed by atoms with Gasteiger partial charge in [-0.1, -0.05) is 50.6 Å². The first-order valence-electron chi connectivity index (χ1n) is 9.96. The molecular formula is C21H28N2O3S2. The molecule has 0 unspecified atom stereocenters. The second-order valence-electron chi connectivity index (χ2n) is 7.50. The summed E-state index contributed by atoms with van der Waals surface area (Å²) in [5.41, 5.74) is 1.02. The van der Waals surface area contributed by atoms with Gasteiger partial charge in [-0.05, 0) is 36.8 Å². The number of carbonyl (C=O) groups excluding carboxylic acids is 2. The molecule has 1 aromatic carbocycles. The van der Waals surface area contributed by atoms with Crippen LogP contribution in [-0.4, -0.2) is 35.3 Å². The molecule has 1 aromatic heterocycles. The summed E-state index contributed by atoms with van der Waals surface area (Å²) in [6, 6.07) is 8.26. The third kappa shape index (κ3) is 5.95. The highest BCUT2D eigenvalue weighted by atomic mass is 32.2. The number of nitrogens with one attached hydrogen (secondary N) is 1. The summed E-state index contributed by atoms with van der Waals surface area (Å²) in [7, 11) is 0. The zero-order valence-electron chi connectivity index (χ0n) is 16.5. The molecule has 1 fully saturated rings. The van der Waals surface area contributed by atoms with Gasteiger partial charge in [-0.25, -0.2) is 4.98 Å². The van der Waals surface area contributed by atoms with Crippen LogP contribution in [0.3, 0.4) is 0 Å². The molecule has 1 heterocycles. The van der Waals surface area contributed by atoms with Crippen molar-refractivity contribution < 1.29 is 14.3 Å². The number of thiazole rings is 1. The molecule has 1 amide bonds. The quantitative estimate of drug-likeness (QED) is 0.382. The Morgan fingerprint density at radius 2 is 2.11 bits per heavy atom. The van der Waals surface area contributed by atoms with Crippen molar-refractivity contribution >= 4 is 45.2 Å². The fraction of sp³-hybridized carbons (Fsp3) is 0.571. The fourth-order valence-corrected chi connectivity index (χ4v) is 5.62. The van der Waals surface area contributed by atoms with Gasteiger partial charge in [0.15, 0.2) is 10.9 Å². The minimum absolute atomic E-state index is 0.179. The van der Waals surface area contributed by atoms with E-state index >= 15 is 0 Å². The standard InChI is InChI=1S/C21H28N2O3S2/c1-14-7-5-9-16(15(14)2)22-19(24)13-26-20(25)11-6-12-27-21-23-17-8-3-4-10-18(17)28-21/h3-4,8,10,14-16H,5-7,9,11-13H2,1-2H3,(H,22,24)/t14-,15-,16+/m1/s1. The predicted octanol–water partition coefficient (Wildman–Crippen LogP) is 4.65. The van der Waals surface area contributed by atoms with Crippen molar-refractivity contribution in [2.45, 2.75) is 56.3 Å². The van der Waals surface area contributed by atoms with Crippen molar-refractivity contribution in [3.8, 4) is 0 Å². The molecule has 152 valence electrons. The van der Waals surface area contributed by atoms with Gasteiger partial charge in [-0.3, -0.25) is 9.59 Å². The van der Waals surface area contributed by atoms with Crippen molar-refractivity contribution in [1.29, 1.82) is 0 Å². The maximum absolute atomic E-state index is 12.1. The Balaban J connectivity index is 1.30. The highest BCUT2D eigenvalue weighted by Gasteiger charge is 2.28. The summed E-state index contributed by atoms with van der Waals surface area (Å²) >= 11 is 3.33. The van der Waals surface area contributed by atoms with Gasteiger partial charge in [-0.2, -0.15) is 0 Å². The smallest absolute Gasteiger partial charge is 0.306 e. The molecule has 3 atom stereocenters. The molecule has 3 rings (SSSR count). The van der Waals surface area contributed by atoms with Crippen molar-refractivity contribution in [1.82, 2.24) is 10.3 Å². The number of fused-ring (bicyclic) bond motifs is 1. The third-order valence-corrected chi connectivity index (χ3v) is 7.71. The summed E-state index contributed by atoms with van der Waals surface area (Å²) in [5, 5.41) is 3.03. The molecule has 28 heavy (non-hydrogen) atoms. The molecule has 0 bridgehead atoms. The number of ether oxygens (including phenoxy) is 1. The van der Waals surface area contributed by atoms with Gasteiger partial charge in [-0.15, -0.1) is 11.3 Å². The molecule has 1 N–H and O–H groups in total. The van der Waals surface area contributed by atoms with E-state index in [0.29, 0.717) is 24.7 Å². The summed E-state index contributed by atoms with van der Waals surface area (Å²) in [4.78, 5) is 28.5. The molecule has 2 aromatic rings. The van der Waals surface area contributed by atoms with E-state index in [4.69, 9.17) is 4.74 Å². The first-order valence-corrected chi connectivity index (χ1v) is 11.8. The van der Waals surface area contributed by atoms with Gasteiger partial charge < -0.3 is 10.1 Å². The van der Waals surface area contributed by atoms with E-state index in [2.05, 4.69) is 30.2 Å². The van der Waals surface area contributed by atoms with E-state index in [9.17, 15) is 9.59 Å². The van der Waals surface area contributed by atoms with Crippen molar-refractivity contribution in [3.63, 3.8) is 0 Å². The summed E-state index contributed by atoms with van der Waals surface area (Å²) in [5.74, 6) is 1.38. The molecule has 5 nitrogen and oxygen atoms in total. The number of amides is 1. The lowest BCUT2D eigenvalue weighted by molar-refractivity contribution is -0.148. The molecule has 0 saturated heterocycles. The Bertz CT molecular complexity index is 775. The number of rotatable bonds is 8. The van der Waals surface area contributed by atoms with Gasteiger partial charge in [0, 0.05) is 18.2 Å². The van der Waals surface area contributed by atoms with Crippen LogP contribution < -0.4 is 5.32 Å². The Labute approximate surface area is 174 Å². The molecule has 1 aliphatic rings. The van der Waals surface area contributed by atoms with Crippen molar-refractivity contribution in [2.24, 2.45) is 11.8 Å². The number of thioether (sulfide) groups is 1. The van der Waals surface area contributed by atoms with Crippen LogP contribution in [-0.2, 0) is 14.3 Å². The normalized spacial score (nSPS) is 22.1. The first-order chi connectivity index (χ1) is 13.5. The number of hydrogen-bond donors (Lipinski definition) is 1. The first kappa shape index (κ1) is 21.1. The van der Waals surface area contributed by atoms with Gasteiger partial charge >= 0.3 is 5.97 Å². The lowest BCUT2D eigenvalue weighted by Gasteiger charge is -2.34. The highest BCUT2D eigenvalue weighted by Crippen LogP contribution is 2.30. The summed E-state index contributed by atoms with van der Waals surface area (Å²) in [6.45, 7) is 4.24. The average molecular weight is 421 g/mol. The van der Waals surface area contributed by atoms with E-state index < -0.39 is 0 Å². The predicted molar refractivity (Wildman–Crippen MR) is 115 cm³/mol. The van der Waals surface area contributed by atoms with E-state index in [-0.39, 0.29) is 24.5 Å². The summed E-state index contributed by atoms with van der Waals surface area (Å²) in [6.07, 6.45) is 4.40. The topological polar surface area (TPSA) is 68.3 Å². The molecule has 7 heteroatoms. The van der Waals surface area contributed by atoms with Crippen LogP contribution in [0.4, 0.5) is 0 Å². The third-order valence-electron chi connectivity index (χ3n) is 5.44. The number of aromatic nitrogens is 1. The van der Waals surface area contributed by atoms with Gasteiger partial charge in [0.25, 0.3) is 5.91 Å². The van der Waals surface area contributed by atoms with E-state index in [1.165, 1.54) is 11.1 Å². The zero-order chi connectivity index (χ0) is 19.9. The molecule has 1 aliphatic carbocycles. The number of carbonyl (C=O) groups is 2. The molecule has 0 radical (unpaired) electrons. The molecular weight excluding hydrogens is 392 g/mol. The van der Waals surface area contributed by atoms with Crippen LogP contribution in [0.2, 0.25) is 0 Å². The highest BCUT2D eigenvalue weighted by molar-refractivity contribution is 8.01. The van der Waals surface area contributed by atoms with Crippen LogP contribution in [0.5, 0.6) is 0 Å². The summed E-state index contributed by atoms with van der Waals surface area (Å²) < 4.78 is 7.33. The maximum Gasteiger partial charge on any atom is 0.306 e. The number of para-hydroxylation sites is 1. The fourth-order valence-electron chi connectivity index (χ4n) is 3.54. The lowest BCUT2D eigenvalue weighted by atomic mass is 9.78. The monoisotopic (exact) mass is 420 g/mol. The Kier molecular flexibility index (Phi) is 7.73. The molecule has 1 saturated carbocycles. The van der Waals surface area contributed by atoms with Crippen LogP contribution >= 0.6 is 23.1 Å². The van der Waals surface area contributed by atoms with Crippen LogP contribution in [0.1, 0.15) is 46.0 Å². The van der Waals surface area contributed by atoms with Gasteiger partial charge in [0.1, 0.15) is 0 Å². The minimum atomic E-state index is -0.315. The maximum atomic E-state index is 12.1.